The molecule has 0 heterocycles. The maximum absolute atomic E-state index is 7.82. The summed E-state index contributed by atoms with van der Waals surface area (Å²) in [4.78, 5) is 2.09. The summed E-state index contributed by atoms with van der Waals surface area (Å²) in [5.41, 5.74) is 6.12. The molecule has 0 atom stereocenters. The van der Waals surface area contributed by atoms with Crippen LogP contribution in [0, 0.1) is 5.41 Å². The van der Waals surface area contributed by atoms with Crippen molar-refractivity contribution in [3.05, 3.63) is 120 Å². The Bertz CT molecular complexity index is 1100. The van der Waals surface area contributed by atoms with Gasteiger partial charge in [0.05, 0.1) is 5.71 Å². The Balaban J connectivity index is 1.71. The van der Waals surface area contributed by atoms with Crippen LogP contribution < -0.4 is 9.64 Å². The maximum atomic E-state index is 7.82. The number of hydrogen-bond donors (Lipinski definition) is 1. The molecule has 148 valence electrons. The number of allylic oxidation sites excluding steroid dienone is 5. The van der Waals surface area contributed by atoms with E-state index in [0.717, 1.165) is 39.5 Å². The van der Waals surface area contributed by atoms with Crippen molar-refractivity contribution >= 4 is 17.0 Å². The van der Waals surface area contributed by atoms with Gasteiger partial charge in [0.15, 0.2) is 0 Å². The number of benzene rings is 3. The number of nitrogens with one attached hydrogen (secondary N) is 1. The van der Waals surface area contributed by atoms with Crippen molar-refractivity contribution in [2.75, 3.05) is 19.0 Å². The molecule has 0 saturated carbocycles. The van der Waals surface area contributed by atoms with Crippen LogP contribution in [0.3, 0.4) is 0 Å². The number of hydrogen-bond acceptors (Lipinski definition) is 3. The second-order valence-electron chi connectivity index (χ2n) is 7.33. The zero-order valence-electron chi connectivity index (χ0n) is 17.2. The van der Waals surface area contributed by atoms with Crippen molar-refractivity contribution in [1.29, 1.82) is 5.41 Å². The van der Waals surface area contributed by atoms with Gasteiger partial charge in [-0.2, -0.15) is 0 Å². The highest BCUT2D eigenvalue weighted by molar-refractivity contribution is 6.05. The van der Waals surface area contributed by atoms with E-state index in [1.165, 1.54) is 0 Å². The van der Waals surface area contributed by atoms with E-state index in [0.29, 0.717) is 5.71 Å². The van der Waals surface area contributed by atoms with Crippen molar-refractivity contribution in [3.8, 4) is 11.5 Å². The van der Waals surface area contributed by atoms with Gasteiger partial charge in [0.2, 0.25) is 0 Å². The molecule has 3 aromatic carbocycles. The third-order valence-corrected chi connectivity index (χ3v) is 4.97. The second-order valence-corrected chi connectivity index (χ2v) is 7.33. The molecule has 4 rings (SSSR count). The van der Waals surface area contributed by atoms with Gasteiger partial charge in [-0.1, -0.05) is 54.6 Å². The van der Waals surface area contributed by atoms with Gasteiger partial charge in [0.25, 0.3) is 0 Å². The standard InChI is InChI=1S/C27H24N2O/c1-29(2)24-16-10-21(11-17-24)27(20-8-14-23(28)15-9-20)22-12-18-26(19-13-22)30-25-6-4-3-5-7-25/h3-19,28H,1-2H3. The van der Waals surface area contributed by atoms with Crippen LogP contribution in [0.1, 0.15) is 11.1 Å². The van der Waals surface area contributed by atoms with Crippen LogP contribution in [0.4, 0.5) is 5.69 Å². The Hall–Kier alpha value is -3.85. The van der Waals surface area contributed by atoms with Crippen molar-refractivity contribution in [1.82, 2.24) is 0 Å². The summed E-state index contributed by atoms with van der Waals surface area (Å²) in [5, 5.41) is 7.82. The van der Waals surface area contributed by atoms with Crippen LogP contribution in [0.15, 0.2) is 109 Å². The molecular weight excluding hydrogens is 368 g/mol. The van der Waals surface area contributed by atoms with Crippen LogP contribution >= 0.6 is 0 Å². The summed E-state index contributed by atoms with van der Waals surface area (Å²) < 4.78 is 5.94. The van der Waals surface area contributed by atoms with Crippen molar-refractivity contribution < 1.29 is 4.74 Å². The first-order chi connectivity index (χ1) is 14.6. The van der Waals surface area contributed by atoms with E-state index in [4.69, 9.17) is 10.1 Å². The molecule has 0 spiro atoms. The molecule has 1 N–H and O–H groups in total. The second kappa shape index (κ2) is 8.66. The Kier molecular flexibility index (Phi) is 5.62. The summed E-state index contributed by atoms with van der Waals surface area (Å²) >= 11 is 0. The largest absolute Gasteiger partial charge is 0.457 e. The van der Waals surface area contributed by atoms with Gasteiger partial charge in [-0.05, 0) is 70.8 Å². The fraction of sp³-hybridized carbons (Fsp3) is 0.0741. The van der Waals surface area contributed by atoms with Crippen molar-refractivity contribution in [2.45, 2.75) is 0 Å². The number of nitrogens with zero attached hydrogens (tertiary/aromatic N) is 1. The Morgan fingerprint density at radius 2 is 1.20 bits per heavy atom. The normalized spacial score (nSPS) is 12.7. The molecule has 3 heteroatoms. The van der Waals surface area contributed by atoms with E-state index in [1.54, 1.807) is 0 Å². The van der Waals surface area contributed by atoms with Gasteiger partial charge in [-0.3, -0.25) is 0 Å². The highest BCUT2D eigenvalue weighted by Gasteiger charge is 2.12. The maximum Gasteiger partial charge on any atom is 0.127 e. The highest BCUT2D eigenvalue weighted by Crippen LogP contribution is 2.32. The molecule has 0 fully saturated rings. The van der Waals surface area contributed by atoms with Crippen LogP contribution in [0.25, 0.3) is 5.57 Å². The summed E-state index contributed by atoms with van der Waals surface area (Å²) in [7, 11) is 4.08. The molecule has 1 aliphatic carbocycles. The van der Waals surface area contributed by atoms with E-state index in [-0.39, 0.29) is 0 Å². The minimum absolute atomic E-state index is 0.507. The van der Waals surface area contributed by atoms with Crippen LogP contribution in [0.5, 0.6) is 11.5 Å². The molecule has 0 amide bonds. The van der Waals surface area contributed by atoms with Gasteiger partial charge in [-0.15, -0.1) is 0 Å². The van der Waals surface area contributed by atoms with Crippen LogP contribution in [-0.2, 0) is 0 Å². The monoisotopic (exact) mass is 392 g/mol. The highest BCUT2D eigenvalue weighted by atomic mass is 16.5. The summed E-state index contributed by atoms with van der Waals surface area (Å²) in [5.74, 6) is 1.62. The van der Waals surface area contributed by atoms with E-state index in [2.05, 4.69) is 41.3 Å². The fourth-order valence-corrected chi connectivity index (χ4v) is 3.38. The minimum atomic E-state index is 0.507. The number of rotatable bonds is 5. The Morgan fingerprint density at radius 1 is 0.667 bits per heavy atom. The average Bonchev–Trinajstić information content (AvgIpc) is 2.77. The zero-order chi connectivity index (χ0) is 20.9. The predicted octanol–water partition coefficient (Wildman–Crippen LogP) is 6.49. The number of anilines is 1. The SMILES string of the molecule is CN(C)c1ccc(C(=C2C=CC(=N)C=C2)c2ccc(Oc3ccccc3)cc2)cc1. The Labute approximate surface area is 177 Å². The minimum Gasteiger partial charge on any atom is -0.457 e. The average molecular weight is 393 g/mol. The molecule has 30 heavy (non-hydrogen) atoms. The lowest BCUT2D eigenvalue weighted by Gasteiger charge is -2.17. The van der Waals surface area contributed by atoms with Crippen molar-refractivity contribution in [3.63, 3.8) is 0 Å². The lowest BCUT2D eigenvalue weighted by Crippen LogP contribution is -2.08. The van der Waals surface area contributed by atoms with Gasteiger partial charge >= 0.3 is 0 Å². The van der Waals surface area contributed by atoms with Gasteiger partial charge in [0.1, 0.15) is 11.5 Å². The molecule has 3 nitrogen and oxygen atoms in total. The van der Waals surface area contributed by atoms with E-state index < -0.39 is 0 Å². The quantitative estimate of drug-likeness (QED) is 0.538. The summed E-state index contributed by atoms with van der Waals surface area (Å²) in [6, 6.07) is 26.5. The van der Waals surface area contributed by atoms with Gasteiger partial charge in [0, 0.05) is 19.8 Å². The van der Waals surface area contributed by atoms with Crippen molar-refractivity contribution in [2.24, 2.45) is 0 Å². The number of para-hydroxylation sites is 1. The van der Waals surface area contributed by atoms with E-state index >= 15 is 0 Å². The molecule has 0 radical (unpaired) electrons. The smallest absolute Gasteiger partial charge is 0.127 e. The van der Waals surface area contributed by atoms with Crippen LogP contribution in [-0.4, -0.2) is 19.8 Å². The topological polar surface area (TPSA) is 36.3 Å². The third kappa shape index (κ3) is 4.41. The number of ether oxygens (including phenoxy) is 1. The zero-order valence-corrected chi connectivity index (χ0v) is 17.2. The lowest BCUT2D eigenvalue weighted by molar-refractivity contribution is 0.482. The van der Waals surface area contributed by atoms with Gasteiger partial charge < -0.3 is 15.0 Å². The first kappa shape index (κ1) is 19.5. The predicted molar refractivity (Wildman–Crippen MR) is 126 cm³/mol. The Morgan fingerprint density at radius 3 is 1.77 bits per heavy atom. The molecule has 3 aromatic rings. The first-order valence-corrected chi connectivity index (χ1v) is 9.90. The third-order valence-electron chi connectivity index (χ3n) is 4.97. The molecule has 0 aromatic heterocycles. The first-order valence-electron chi connectivity index (χ1n) is 9.90. The lowest BCUT2D eigenvalue weighted by atomic mass is 9.90. The summed E-state index contributed by atoms with van der Waals surface area (Å²) in [6.07, 6.45) is 7.67. The van der Waals surface area contributed by atoms with E-state index in [1.807, 2.05) is 80.9 Å². The molecule has 0 unspecified atom stereocenters. The van der Waals surface area contributed by atoms with Gasteiger partial charge in [-0.25, -0.2) is 0 Å². The molecule has 0 saturated heterocycles. The molecular formula is C27H24N2O. The van der Waals surface area contributed by atoms with Crippen LogP contribution in [0.2, 0.25) is 0 Å². The van der Waals surface area contributed by atoms with E-state index in [9.17, 15) is 0 Å². The molecule has 1 aliphatic rings. The molecule has 0 aliphatic heterocycles. The molecule has 0 bridgehead atoms. The fourth-order valence-electron chi connectivity index (χ4n) is 3.38. The summed E-state index contributed by atoms with van der Waals surface area (Å²) in [6.45, 7) is 0.